The second-order valence-electron chi connectivity index (χ2n) is 9.64. The molecule has 0 radical (unpaired) electrons. The fourth-order valence-corrected chi connectivity index (χ4v) is 4.56. The Morgan fingerprint density at radius 3 is 2.40 bits per heavy atom. The summed E-state index contributed by atoms with van der Waals surface area (Å²) in [6.45, 7) is 2.46. The molecule has 2 aliphatic carbocycles. The van der Waals surface area contributed by atoms with E-state index in [1.54, 1.807) is 12.1 Å². The summed E-state index contributed by atoms with van der Waals surface area (Å²) >= 11 is 0. The fraction of sp³-hybridized carbons (Fsp3) is 0.346. The van der Waals surface area contributed by atoms with Crippen molar-refractivity contribution in [2.45, 2.75) is 56.3 Å². The van der Waals surface area contributed by atoms with Gasteiger partial charge in [-0.1, -0.05) is 53.7 Å². The fourth-order valence-electron chi connectivity index (χ4n) is 4.56. The van der Waals surface area contributed by atoms with Crippen LogP contribution >= 0.6 is 0 Å². The summed E-state index contributed by atoms with van der Waals surface area (Å²) in [6, 6.07) is 15.9. The minimum atomic E-state index is -4.25. The van der Waals surface area contributed by atoms with E-state index in [0.29, 0.717) is 23.6 Å². The number of hydrogen-bond donors (Lipinski definition) is 1. The molecule has 6 nitrogen and oxygen atoms in total. The highest BCUT2D eigenvalue weighted by Crippen LogP contribution is 2.58. The van der Waals surface area contributed by atoms with Crippen LogP contribution in [0, 0.1) is 6.92 Å². The van der Waals surface area contributed by atoms with E-state index < -0.39 is 17.2 Å². The zero-order valence-electron chi connectivity index (χ0n) is 19.0. The molecule has 1 N–H and O–H groups in total. The molecule has 35 heavy (non-hydrogen) atoms. The quantitative estimate of drug-likeness (QED) is 0.393. The van der Waals surface area contributed by atoms with Crippen molar-refractivity contribution < 1.29 is 22.8 Å². The largest absolute Gasteiger partial charge is 0.398 e. The Labute approximate surface area is 199 Å². The van der Waals surface area contributed by atoms with Crippen LogP contribution in [-0.2, 0) is 17.6 Å². The lowest BCUT2D eigenvalue weighted by Gasteiger charge is -2.19. The number of nitrogens with zero attached hydrogens (tertiary/aromatic N) is 4. The number of halogens is 3. The molecule has 2 fully saturated rings. The van der Waals surface area contributed by atoms with Crippen LogP contribution < -0.4 is 0 Å². The topological polar surface area (TPSA) is 77.0 Å². The van der Waals surface area contributed by atoms with E-state index in [1.807, 2.05) is 41.9 Å². The summed E-state index contributed by atoms with van der Waals surface area (Å²) in [7, 11) is 0. The highest BCUT2D eigenvalue weighted by atomic mass is 19.4. The molecule has 180 valence electrons. The van der Waals surface area contributed by atoms with Gasteiger partial charge in [-0.2, -0.15) is 23.3 Å². The molecule has 0 aliphatic heterocycles. The molecule has 0 amide bonds. The molecule has 2 heterocycles. The van der Waals surface area contributed by atoms with Gasteiger partial charge >= 0.3 is 6.18 Å². The van der Waals surface area contributed by atoms with Crippen LogP contribution in [0.25, 0.3) is 23.0 Å². The van der Waals surface area contributed by atoms with E-state index in [-0.39, 0.29) is 24.3 Å². The maximum atomic E-state index is 13.4. The molecular formula is C26H23F3N4O2. The zero-order chi connectivity index (χ0) is 24.4. The van der Waals surface area contributed by atoms with Gasteiger partial charge in [0.05, 0.1) is 17.6 Å². The van der Waals surface area contributed by atoms with Gasteiger partial charge in [-0.25, -0.2) is 0 Å². The molecule has 0 saturated heterocycles. The van der Waals surface area contributed by atoms with Gasteiger partial charge in [0.15, 0.2) is 5.69 Å². The van der Waals surface area contributed by atoms with E-state index in [9.17, 15) is 18.3 Å². The standard InChI is InChI=1S/C26H23F3N4O2/c1-16-13-21(31-33(16)15-17-3-2-4-20(14-17)25(34)11-12-25)23-30-22(32-35-23)18-5-7-19(8-6-18)24(9-10-24)26(27,28)29/h2-8,13-14,34H,9-12,15H2,1H3. The maximum absolute atomic E-state index is 13.4. The van der Waals surface area contributed by atoms with Gasteiger partial charge < -0.3 is 9.63 Å². The van der Waals surface area contributed by atoms with Crippen LogP contribution in [0.2, 0.25) is 0 Å². The van der Waals surface area contributed by atoms with Crippen molar-refractivity contribution in [3.63, 3.8) is 0 Å². The Morgan fingerprint density at radius 1 is 1.00 bits per heavy atom. The third-order valence-corrected chi connectivity index (χ3v) is 7.13. The highest BCUT2D eigenvalue weighted by Gasteiger charge is 2.64. The summed E-state index contributed by atoms with van der Waals surface area (Å²) in [6.07, 6.45) is -2.44. The van der Waals surface area contributed by atoms with Crippen molar-refractivity contribution in [3.05, 3.63) is 77.0 Å². The number of aliphatic hydroxyl groups is 1. The molecule has 2 saturated carbocycles. The van der Waals surface area contributed by atoms with Crippen LogP contribution in [-0.4, -0.2) is 31.2 Å². The minimum absolute atomic E-state index is 0.120. The Morgan fingerprint density at radius 2 is 1.74 bits per heavy atom. The summed E-state index contributed by atoms with van der Waals surface area (Å²) < 4.78 is 47.4. The van der Waals surface area contributed by atoms with Gasteiger partial charge in [0, 0.05) is 11.3 Å². The van der Waals surface area contributed by atoms with Gasteiger partial charge in [0.25, 0.3) is 5.89 Å². The lowest BCUT2D eigenvalue weighted by atomic mass is 9.94. The van der Waals surface area contributed by atoms with Gasteiger partial charge in [0.1, 0.15) is 0 Å². The van der Waals surface area contributed by atoms with Crippen molar-refractivity contribution in [2.24, 2.45) is 0 Å². The molecular weight excluding hydrogens is 457 g/mol. The van der Waals surface area contributed by atoms with E-state index in [0.717, 1.165) is 29.7 Å². The summed E-state index contributed by atoms with van der Waals surface area (Å²) in [4.78, 5) is 4.41. The average Bonchev–Trinajstić information content (AvgIpc) is 3.71. The third-order valence-electron chi connectivity index (χ3n) is 7.13. The third kappa shape index (κ3) is 3.83. The lowest BCUT2D eigenvalue weighted by molar-refractivity contribution is -0.160. The first-order chi connectivity index (χ1) is 16.7. The predicted octanol–water partition coefficient (Wildman–Crippen LogP) is 5.53. The molecule has 2 aromatic carbocycles. The van der Waals surface area contributed by atoms with Crippen molar-refractivity contribution >= 4 is 0 Å². The molecule has 9 heteroatoms. The Hall–Kier alpha value is -3.46. The van der Waals surface area contributed by atoms with Crippen LogP contribution in [0.1, 0.15) is 48.1 Å². The number of rotatable bonds is 6. The summed E-state index contributed by atoms with van der Waals surface area (Å²) in [5.74, 6) is 0.530. The molecule has 4 aromatic rings. The first-order valence-electron chi connectivity index (χ1n) is 11.5. The predicted molar refractivity (Wildman–Crippen MR) is 121 cm³/mol. The number of alkyl halides is 3. The number of aryl methyl sites for hydroxylation is 1. The number of benzene rings is 2. The van der Waals surface area contributed by atoms with Gasteiger partial charge in [0.2, 0.25) is 5.82 Å². The Balaban J connectivity index is 1.21. The smallest absolute Gasteiger partial charge is 0.385 e. The van der Waals surface area contributed by atoms with Crippen molar-refractivity contribution in [1.82, 2.24) is 19.9 Å². The average molecular weight is 480 g/mol. The molecule has 2 aromatic heterocycles. The Bertz CT molecular complexity index is 1400. The van der Waals surface area contributed by atoms with Gasteiger partial charge in [-0.05, 0) is 55.4 Å². The normalized spacial score (nSPS) is 18.0. The molecule has 0 spiro atoms. The monoisotopic (exact) mass is 480 g/mol. The van der Waals surface area contributed by atoms with E-state index in [2.05, 4.69) is 15.2 Å². The second kappa shape index (κ2) is 7.52. The van der Waals surface area contributed by atoms with Crippen molar-refractivity contribution in [1.29, 1.82) is 0 Å². The summed E-state index contributed by atoms with van der Waals surface area (Å²) in [5, 5.41) is 19.0. The van der Waals surface area contributed by atoms with Crippen LogP contribution in [0.5, 0.6) is 0 Å². The molecule has 0 bridgehead atoms. The van der Waals surface area contributed by atoms with E-state index in [1.165, 1.54) is 12.1 Å². The van der Waals surface area contributed by atoms with Crippen LogP contribution in [0.15, 0.2) is 59.1 Å². The SMILES string of the molecule is Cc1cc(-c2nc(-c3ccc(C4(C(F)(F)F)CC4)cc3)no2)nn1Cc1cccc(C2(O)CC2)c1. The minimum Gasteiger partial charge on any atom is -0.385 e. The molecule has 0 atom stereocenters. The van der Waals surface area contributed by atoms with Crippen molar-refractivity contribution in [2.75, 3.05) is 0 Å². The molecule has 0 unspecified atom stereocenters. The van der Waals surface area contributed by atoms with Crippen molar-refractivity contribution in [3.8, 4) is 23.0 Å². The first-order valence-corrected chi connectivity index (χ1v) is 11.5. The van der Waals surface area contributed by atoms with Crippen LogP contribution in [0.4, 0.5) is 13.2 Å². The van der Waals surface area contributed by atoms with Gasteiger partial charge in [-0.15, -0.1) is 0 Å². The van der Waals surface area contributed by atoms with E-state index >= 15 is 0 Å². The molecule has 6 rings (SSSR count). The summed E-state index contributed by atoms with van der Waals surface area (Å²) in [5.41, 5.74) is 1.82. The van der Waals surface area contributed by atoms with Crippen LogP contribution in [0.3, 0.4) is 0 Å². The Kier molecular flexibility index (Phi) is 4.73. The zero-order valence-corrected chi connectivity index (χ0v) is 19.0. The lowest BCUT2D eigenvalue weighted by Crippen LogP contribution is -2.28. The second-order valence-corrected chi connectivity index (χ2v) is 9.64. The van der Waals surface area contributed by atoms with Gasteiger partial charge in [-0.3, -0.25) is 4.68 Å². The maximum Gasteiger partial charge on any atom is 0.398 e. The highest BCUT2D eigenvalue weighted by molar-refractivity contribution is 5.59. The molecule has 2 aliphatic rings. The van der Waals surface area contributed by atoms with E-state index in [4.69, 9.17) is 4.52 Å². The number of aromatic nitrogens is 4. The number of hydrogen-bond acceptors (Lipinski definition) is 5. The first kappa shape index (κ1) is 22.0.